The van der Waals surface area contributed by atoms with Gasteiger partial charge in [0.25, 0.3) is 5.91 Å². The van der Waals surface area contributed by atoms with Crippen molar-refractivity contribution >= 4 is 5.91 Å². The van der Waals surface area contributed by atoms with Crippen molar-refractivity contribution in [1.82, 2.24) is 5.32 Å². The fraction of sp³-hybridized carbons (Fsp3) is 0.350. The first-order chi connectivity index (χ1) is 13.8. The summed E-state index contributed by atoms with van der Waals surface area (Å²) in [6, 6.07) is 9.13. The van der Waals surface area contributed by atoms with E-state index in [4.69, 9.17) is 9.47 Å². The second kappa shape index (κ2) is 10.6. The molecule has 158 valence electrons. The normalized spacial score (nSPS) is 11.8. The summed E-state index contributed by atoms with van der Waals surface area (Å²) in [5.41, 5.74) is 1.42. The van der Waals surface area contributed by atoms with Gasteiger partial charge in [-0.05, 0) is 35.9 Å². The Balaban J connectivity index is 1.86. The second-order valence-electron chi connectivity index (χ2n) is 6.42. The topological polar surface area (TPSA) is 61.2 Å². The van der Waals surface area contributed by atoms with E-state index in [0.717, 1.165) is 10.5 Å². The van der Waals surface area contributed by atoms with Gasteiger partial charge < -0.3 is 24.4 Å². The lowest BCUT2D eigenvalue weighted by atomic mass is 10.2. The van der Waals surface area contributed by atoms with Crippen molar-refractivity contribution in [1.29, 1.82) is 0 Å². The Morgan fingerprint density at radius 1 is 1.03 bits per heavy atom. The molecule has 29 heavy (non-hydrogen) atoms. The van der Waals surface area contributed by atoms with Crippen LogP contribution in [0.1, 0.15) is 11.1 Å². The third kappa shape index (κ3) is 6.86. The maximum absolute atomic E-state index is 13.8. The van der Waals surface area contributed by atoms with Gasteiger partial charge in [-0.3, -0.25) is 4.79 Å². The molecule has 1 amide bonds. The summed E-state index contributed by atoms with van der Waals surface area (Å²) in [4.78, 5) is 13.0. The van der Waals surface area contributed by atoms with Crippen LogP contribution in [-0.2, 0) is 17.9 Å². The second-order valence-corrected chi connectivity index (χ2v) is 6.42. The molecular formula is C20H24F3N2O4+. The molecule has 1 unspecified atom stereocenters. The number of hydrogen-bond acceptors (Lipinski definition) is 4. The number of likely N-dealkylation sites (N-methyl/N-ethyl adjacent to an activating group) is 1. The zero-order valence-corrected chi connectivity index (χ0v) is 16.4. The molecule has 2 rings (SSSR count). The van der Waals surface area contributed by atoms with Crippen molar-refractivity contribution in [2.24, 2.45) is 0 Å². The molecule has 0 aliphatic carbocycles. The largest absolute Gasteiger partial charge is 0.494 e. The highest BCUT2D eigenvalue weighted by molar-refractivity contribution is 5.76. The van der Waals surface area contributed by atoms with E-state index >= 15 is 0 Å². The molecule has 6 nitrogen and oxygen atoms in total. The van der Waals surface area contributed by atoms with Gasteiger partial charge in [-0.2, -0.15) is 8.78 Å². The smallest absolute Gasteiger partial charge is 0.387 e. The molecule has 0 fully saturated rings. The minimum atomic E-state index is -2.95. The number of quaternary nitrogens is 1. The molecule has 0 aliphatic rings. The minimum Gasteiger partial charge on any atom is -0.494 e. The monoisotopic (exact) mass is 413 g/mol. The number of methoxy groups -OCH3 is 2. The Labute approximate surface area is 167 Å². The standard InChI is InChI=1S/C20H23F3N2O4/c1-25(11-14-5-6-16(27-2)15(21)8-14)12-19(26)24-10-13-4-7-17(29-20(22)23)18(9-13)28-3/h4-9,20H,10-12H2,1-3H3,(H,24,26)/p+1. The summed E-state index contributed by atoms with van der Waals surface area (Å²) in [6.45, 7) is -2.11. The van der Waals surface area contributed by atoms with Crippen LogP contribution in [0.3, 0.4) is 0 Å². The Morgan fingerprint density at radius 2 is 1.69 bits per heavy atom. The molecule has 0 heterocycles. The van der Waals surface area contributed by atoms with E-state index in [1.54, 1.807) is 18.2 Å². The average molecular weight is 413 g/mol. The van der Waals surface area contributed by atoms with Crippen LogP contribution in [0.25, 0.3) is 0 Å². The Morgan fingerprint density at radius 3 is 2.31 bits per heavy atom. The molecule has 0 saturated carbocycles. The number of carbonyl (C=O) groups is 1. The molecule has 2 aromatic rings. The van der Waals surface area contributed by atoms with Gasteiger partial charge in [0.1, 0.15) is 6.54 Å². The molecule has 0 saturated heterocycles. The van der Waals surface area contributed by atoms with Gasteiger partial charge >= 0.3 is 6.61 Å². The van der Waals surface area contributed by atoms with Crippen molar-refractivity contribution in [3.05, 3.63) is 53.3 Å². The molecule has 9 heteroatoms. The average Bonchev–Trinajstić information content (AvgIpc) is 2.66. The van der Waals surface area contributed by atoms with Gasteiger partial charge in [-0.15, -0.1) is 0 Å². The fourth-order valence-electron chi connectivity index (χ4n) is 2.78. The van der Waals surface area contributed by atoms with Gasteiger partial charge in [-0.1, -0.05) is 6.07 Å². The van der Waals surface area contributed by atoms with E-state index in [0.29, 0.717) is 12.1 Å². The zero-order chi connectivity index (χ0) is 21.4. The first-order valence-corrected chi connectivity index (χ1v) is 8.84. The highest BCUT2D eigenvalue weighted by atomic mass is 19.3. The Hall–Kier alpha value is -2.94. The number of hydrogen-bond donors (Lipinski definition) is 2. The predicted octanol–water partition coefficient (Wildman–Crippen LogP) is 1.78. The lowest BCUT2D eigenvalue weighted by Crippen LogP contribution is -3.08. The predicted molar refractivity (Wildman–Crippen MR) is 99.9 cm³/mol. The van der Waals surface area contributed by atoms with Crippen LogP contribution in [-0.4, -0.2) is 40.3 Å². The van der Waals surface area contributed by atoms with Crippen molar-refractivity contribution in [3.8, 4) is 17.2 Å². The quantitative estimate of drug-likeness (QED) is 0.624. The Kier molecular flexibility index (Phi) is 8.14. The first kappa shape index (κ1) is 22.4. The van der Waals surface area contributed by atoms with E-state index in [2.05, 4.69) is 10.1 Å². The number of amides is 1. The van der Waals surface area contributed by atoms with Crippen LogP contribution in [0.5, 0.6) is 17.2 Å². The van der Waals surface area contributed by atoms with Crippen LogP contribution in [0.15, 0.2) is 36.4 Å². The summed E-state index contributed by atoms with van der Waals surface area (Å²) >= 11 is 0. The first-order valence-electron chi connectivity index (χ1n) is 8.84. The van der Waals surface area contributed by atoms with Crippen molar-refractivity contribution < 1.29 is 37.1 Å². The lowest BCUT2D eigenvalue weighted by Gasteiger charge is -2.15. The molecule has 0 radical (unpaired) electrons. The summed E-state index contributed by atoms with van der Waals surface area (Å²) < 4.78 is 52.8. The molecule has 0 aliphatic heterocycles. The summed E-state index contributed by atoms with van der Waals surface area (Å²) in [6.07, 6.45) is 0. The molecular weight excluding hydrogens is 389 g/mol. The molecule has 2 aromatic carbocycles. The van der Waals surface area contributed by atoms with E-state index in [-0.39, 0.29) is 36.2 Å². The van der Waals surface area contributed by atoms with Gasteiger partial charge in [-0.25, -0.2) is 4.39 Å². The number of nitrogens with one attached hydrogen (secondary N) is 2. The van der Waals surface area contributed by atoms with Crippen LogP contribution in [0.2, 0.25) is 0 Å². The third-order valence-corrected chi connectivity index (χ3v) is 4.12. The van der Waals surface area contributed by atoms with E-state index in [1.165, 1.54) is 32.4 Å². The van der Waals surface area contributed by atoms with Crippen molar-refractivity contribution in [3.63, 3.8) is 0 Å². The van der Waals surface area contributed by atoms with Gasteiger partial charge in [0.2, 0.25) is 0 Å². The Bertz CT molecular complexity index is 833. The van der Waals surface area contributed by atoms with Crippen LogP contribution in [0, 0.1) is 5.82 Å². The number of rotatable bonds is 10. The molecule has 0 bridgehead atoms. The number of alkyl halides is 2. The fourth-order valence-corrected chi connectivity index (χ4v) is 2.78. The molecule has 1 atom stereocenters. The SMILES string of the molecule is COc1ccc(C[NH+](C)CC(=O)NCc2ccc(OC(F)F)c(OC)c2)cc1F. The lowest BCUT2D eigenvalue weighted by molar-refractivity contribution is -0.885. The van der Waals surface area contributed by atoms with E-state index < -0.39 is 12.4 Å². The third-order valence-electron chi connectivity index (χ3n) is 4.12. The maximum atomic E-state index is 13.8. The molecule has 0 aromatic heterocycles. The highest BCUT2D eigenvalue weighted by Gasteiger charge is 2.14. The van der Waals surface area contributed by atoms with Crippen molar-refractivity contribution in [2.45, 2.75) is 19.7 Å². The molecule has 0 spiro atoms. The van der Waals surface area contributed by atoms with Gasteiger partial charge in [0, 0.05) is 12.1 Å². The summed E-state index contributed by atoms with van der Waals surface area (Å²) in [7, 11) is 4.56. The highest BCUT2D eigenvalue weighted by Crippen LogP contribution is 2.29. The minimum absolute atomic E-state index is 0.0755. The molecule has 2 N–H and O–H groups in total. The van der Waals surface area contributed by atoms with Crippen molar-refractivity contribution in [2.75, 3.05) is 27.8 Å². The van der Waals surface area contributed by atoms with E-state index in [9.17, 15) is 18.0 Å². The number of halogens is 3. The van der Waals surface area contributed by atoms with Gasteiger partial charge in [0.15, 0.2) is 29.6 Å². The number of ether oxygens (including phenoxy) is 3. The number of benzene rings is 2. The zero-order valence-electron chi connectivity index (χ0n) is 16.4. The number of carbonyl (C=O) groups excluding carboxylic acids is 1. The van der Waals surface area contributed by atoms with E-state index in [1.807, 2.05) is 7.05 Å². The maximum Gasteiger partial charge on any atom is 0.387 e. The van der Waals surface area contributed by atoms with Crippen LogP contribution in [0.4, 0.5) is 13.2 Å². The van der Waals surface area contributed by atoms with Gasteiger partial charge in [0.05, 0.1) is 21.3 Å². The summed E-state index contributed by atoms with van der Waals surface area (Å²) in [5, 5.41) is 2.76. The van der Waals surface area contributed by atoms with Crippen LogP contribution >= 0.6 is 0 Å². The summed E-state index contributed by atoms with van der Waals surface area (Å²) in [5.74, 6) is -0.404. The van der Waals surface area contributed by atoms with Crippen LogP contribution < -0.4 is 24.4 Å².